The number of rotatable bonds is 3. The summed E-state index contributed by atoms with van der Waals surface area (Å²) in [6.45, 7) is 2.63. The zero-order valence-corrected chi connectivity index (χ0v) is 11.4. The maximum atomic E-state index is 12.7. The van der Waals surface area contributed by atoms with Crippen LogP contribution in [-0.4, -0.2) is 36.6 Å². The third-order valence-electron chi connectivity index (χ3n) is 3.47. The van der Waals surface area contributed by atoms with Gasteiger partial charge < -0.3 is 16.0 Å². The summed E-state index contributed by atoms with van der Waals surface area (Å²) in [6, 6.07) is 1.85. The molecule has 0 bridgehead atoms. The Balaban J connectivity index is 2.00. The number of halogens is 3. The minimum absolute atomic E-state index is 0.122. The van der Waals surface area contributed by atoms with Crippen LogP contribution in [-0.2, 0) is 6.18 Å². The summed E-state index contributed by atoms with van der Waals surface area (Å²) < 4.78 is 38.0. The van der Waals surface area contributed by atoms with Crippen LogP contribution in [0.25, 0.3) is 0 Å². The predicted molar refractivity (Wildman–Crippen MR) is 72.4 cm³/mol. The first-order valence-electron chi connectivity index (χ1n) is 6.62. The topological polar surface area (TPSA) is 54.2 Å². The van der Waals surface area contributed by atoms with Crippen LogP contribution in [0.15, 0.2) is 12.1 Å². The first-order chi connectivity index (χ1) is 9.34. The predicted octanol–water partition coefficient (Wildman–Crippen LogP) is 2.44. The Bertz CT molecular complexity index is 461. The molecule has 20 heavy (non-hydrogen) atoms. The summed E-state index contributed by atoms with van der Waals surface area (Å²) in [5.74, 6) is 0.486. The van der Waals surface area contributed by atoms with E-state index in [1.165, 1.54) is 0 Å². The van der Waals surface area contributed by atoms with E-state index in [2.05, 4.69) is 15.2 Å². The number of nitrogens with one attached hydrogen (secondary N) is 1. The highest BCUT2D eigenvalue weighted by Crippen LogP contribution is 2.31. The van der Waals surface area contributed by atoms with Gasteiger partial charge in [0.1, 0.15) is 11.6 Å². The van der Waals surface area contributed by atoms with Crippen molar-refractivity contribution in [3.63, 3.8) is 0 Å². The fourth-order valence-electron chi connectivity index (χ4n) is 2.49. The summed E-state index contributed by atoms with van der Waals surface area (Å²) in [5.41, 5.74) is 4.66. The fraction of sp³-hybridized carbons (Fsp3) is 0.615. The third kappa shape index (κ3) is 4.00. The van der Waals surface area contributed by atoms with Gasteiger partial charge in [0.15, 0.2) is 0 Å². The minimum atomic E-state index is -4.40. The fourth-order valence-corrected chi connectivity index (χ4v) is 2.49. The molecular formula is C13H19F3N4. The van der Waals surface area contributed by atoms with E-state index in [1.807, 2.05) is 7.05 Å². The molecule has 0 saturated carbocycles. The SMILES string of the molecule is CN1CCCC(CNc2cc(C(F)(F)F)cc(N)n2)C1. The van der Waals surface area contributed by atoms with Gasteiger partial charge in [0, 0.05) is 13.1 Å². The standard InChI is InChI=1S/C13H19F3N4/c1-20-4-2-3-9(8-20)7-18-12-6-10(13(14,15)16)5-11(17)19-12/h5-6,9H,2-4,7-8H2,1H3,(H3,17,18,19). The van der Waals surface area contributed by atoms with Crippen molar-refractivity contribution in [3.05, 3.63) is 17.7 Å². The number of pyridine rings is 1. The van der Waals surface area contributed by atoms with Crippen LogP contribution < -0.4 is 11.1 Å². The lowest BCUT2D eigenvalue weighted by Gasteiger charge is -2.29. The molecule has 3 N–H and O–H groups in total. The molecule has 4 nitrogen and oxygen atoms in total. The van der Waals surface area contributed by atoms with Crippen LogP contribution in [0.3, 0.4) is 0 Å². The second kappa shape index (κ2) is 5.87. The van der Waals surface area contributed by atoms with Crippen molar-refractivity contribution in [1.29, 1.82) is 0 Å². The van der Waals surface area contributed by atoms with Crippen molar-refractivity contribution in [3.8, 4) is 0 Å². The zero-order valence-electron chi connectivity index (χ0n) is 11.4. The van der Waals surface area contributed by atoms with Gasteiger partial charge in [-0.05, 0) is 44.5 Å². The molecule has 0 spiro atoms. The minimum Gasteiger partial charge on any atom is -0.384 e. The second-order valence-corrected chi connectivity index (χ2v) is 5.32. The molecule has 1 fully saturated rings. The number of anilines is 2. The van der Waals surface area contributed by atoms with Gasteiger partial charge in [-0.3, -0.25) is 0 Å². The Morgan fingerprint density at radius 1 is 1.45 bits per heavy atom. The molecule has 7 heteroatoms. The Labute approximate surface area is 116 Å². The lowest BCUT2D eigenvalue weighted by Crippen LogP contribution is -2.35. The highest BCUT2D eigenvalue weighted by molar-refractivity contribution is 5.47. The van der Waals surface area contributed by atoms with E-state index in [0.29, 0.717) is 12.5 Å². The van der Waals surface area contributed by atoms with E-state index in [4.69, 9.17) is 5.73 Å². The van der Waals surface area contributed by atoms with Gasteiger partial charge >= 0.3 is 6.18 Å². The molecule has 0 amide bonds. The summed E-state index contributed by atoms with van der Waals surface area (Å²) in [5, 5.41) is 2.97. The molecule has 0 aliphatic carbocycles. The molecule has 0 aromatic carbocycles. The van der Waals surface area contributed by atoms with Crippen molar-refractivity contribution in [1.82, 2.24) is 9.88 Å². The van der Waals surface area contributed by atoms with Crippen LogP contribution in [0.5, 0.6) is 0 Å². The average Bonchev–Trinajstić information content (AvgIpc) is 2.35. The largest absolute Gasteiger partial charge is 0.416 e. The lowest BCUT2D eigenvalue weighted by atomic mass is 9.98. The van der Waals surface area contributed by atoms with Gasteiger partial charge in [-0.15, -0.1) is 0 Å². The number of nitrogens with zero attached hydrogens (tertiary/aromatic N) is 2. The van der Waals surface area contributed by atoms with Gasteiger partial charge in [-0.25, -0.2) is 4.98 Å². The number of hydrogen-bond donors (Lipinski definition) is 2. The van der Waals surface area contributed by atoms with Crippen molar-refractivity contribution < 1.29 is 13.2 Å². The third-order valence-corrected chi connectivity index (χ3v) is 3.47. The van der Waals surface area contributed by atoms with E-state index >= 15 is 0 Å². The summed E-state index contributed by atoms with van der Waals surface area (Å²) in [4.78, 5) is 6.13. The van der Waals surface area contributed by atoms with Crippen LogP contribution >= 0.6 is 0 Å². The molecule has 1 aliphatic rings. The van der Waals surface area contributed by atoms with Crippen LogP contribution in [0.4, 0.5) is 24.8 Å². The lowest BCUT2D eigenvalue weighted by molar-refractivity contribution is -0.137. The molecule has 1 aromatic rings. The molecule has 2 heterocycles. The van der Waals surface area contributed by atoms with E-state index in [0.717, 1.165) is 38.1 Å². The number of likely N-dealkylation sites (tertiary alicyclic amines) is 1. The molecule has 112 valence electrons. The van der Waals surface area contributed by atoms with Crippen LogP contribution in [0.2, 0.25) is 0 Å². The molecule has 1 saturated heterocycles. The van der Waals surface area contributed by atoms with E-state index < -0.39 is 11.7 Å². The van der Waals surface area contributed by atoms with Crippen molar-refractivity contribution in [2.45, 2.75) is 19.0 Å². The average molecular weight is 288 g/mol. The number of aromatic nitrogens is 1. The molecule has 1 atom stereocenters. The van der Waals surface area contributed by atoms with E-state index in [-0.39, 0.29) is 11.6 Å². The summed E-state index contributed by atoms with van der Waals surface area (Å²) in [6.07, 6.45) is -2.22. The van der Waals surface area contributed by atoms with E-state index in [1.54, 1.807) is 0 Å². The Morgan fingerprint density at radius 3 is 2.85 bits per heavy atom. The molecule has 0 radical (unpaired) electrons. The van der Waals surface area contributed by atoms with Crippen LogP contribution in [0.1, 0.15) is 18.4 Å². The van der Waals surface area contributed by atoms with Crippen LogP contribution in [0, 0.1) is 5.92 Å². The smallest absolute Gasteiger partial charge is 0.384 e. The van der Waals surface area contributed by atoms with E-state index in [9.17, 15) is 13.2 Å². The number of nitrogens with two attached hydrogens (primary N) is 1. The number of hydrogen-bond acceptors (Lipinski definition) is 4. The summed E-state index contributed by atoms with van der Waals surface area (Å²) >= 11 is 0. The van der Waals surface area contributed by atoms with Gasteiger partial charge in [0.2, 0.25) is 0 Å². The second-order valence-electron chi connectivity index (χ2n) is 5.32. The Hall–Kier alpha value is -1.50. The van der Waals surface area contributed by atoms with Gasteiger partial charge in [-0.1, -0.05) is 0 Å². The molecular weight excluding hydrogens is 269 g/mol. The Kier molecular flexibility index (Phi) is 4.37. The first-order valence-corrected chi connectivity index (χ1v) is 6.62. The molecule has 1 aromatic heterocycles. The van der Waals surface area contributed by atoms with Crippen molar-refractivity contribution in [2.24, 2.45) is 5.92 Å². The normalized spacial score (nSPS) is 20.9. The highest BCUT2D eigenvalue weighted by Gasteiger charge is 2.31. The number of alkyl halides is 3. The zero-order chi connectivity index (χ0) is 14.8. The maximum Gasteiger partial charge on any atom is 0.416 e. The number of nitrogen functional groups attached to an aromatic ring is 1. The van der Waals surface area contributed by atoms with Gasteiger partial charge in [-0.2, -0.15) is 13.2 Å². The monoisotopic (exact) mass is 288 g/mol. The molecule has 2 rings (SSSR count). The summed E-state index contributed by atoms with van der Waals surface area (Å²) in [7, 11) is 2.05. The van der Waals surface area contributed by atoms with Gasteiger partial charge in [0.05, 0.1) is 5.56 Å². The first kappa shape index (κ1) is 14.9. The van der Waals surface area contributed by atoms with Crippen molar-refractivity contribution in [2.75, 3.05) is 37.7 Å². The van der Waals surface area contributed by atoms with Gasteiger partial charge in [0.25, 0.3) is 0 Å². The quantitative estimate of drug-likeness (QED) is 0.897. The molecule has 1 unspecified atom stereocenters. The highest BCUT2D eigenvalue weighted by atomic mass is 19.4. The number of piperidine rings is 1. The maximum absolute atomic E-state index is 12.7. The Morgan fingerprint density at radius 2 is 2.20 bits per heavy atom. The molecule has 1 aliphatic heterocycles. The van der Waals surface area contributed by atoms with Crippen molar-refractivity contribution >= 4 is 11.6 Å².